The molecule has 0 fully saturated rings. The highest BCUT2D eigenvalue weighted by Gasteiger charge is 2.13. The van der Waals surface area contributed by atoms with Gasteiger partial charge in [-0.05, 0) is 61.9 Å². The molecule has 0 aliphatic rings. The summed E-state index contributed by atoms with van der Waals surface area (Å²) >= 11 is 0. The van der Waals surface area contributed by atoms with Crippen LogP contribution in [0, 0.1) is 0 Å². The van der Waals surface area contributed by atoms with E-state index >= 15 is 0 Å². The van der Waals surface area contributed by atoms with Crippen molar-refractivity contribution >= 4 is 23.0 Å². The Labute approximate surface area is 197 Å². The molecule has 0 spiro atoms. The fourth-order valence-electron chi connectivity index (χ4n) is 4.00. The molecule has 176 valence electrons. The number of unbranched alkanes of at least 4 members (excludes halogenated alkanes) is 5. The van der Waals surface area contributed by atoms with Gasteiger partial charge in [-0.3, -0.25) is 9.78 Å². The SMILES string of the molecule is CCCCCc1c(/C=C/C(=O)NCCCCCCc2cccnc2)oc2cc(OC)ccc12. The summed E-state index contributed by atoms with van der Waals surface area (Å²) < 4.78 is 11.4. The molecule has 0 atom stereocenters. The number of nitrogens with zero attached hydrogens (tertiary/aromatic N) is 1. The number of pyridine rings is 1. The molecule has 1 amide bonds. The van der Waals surface area contributed by atoms with Crippen molar-refractivity contribution < 1.29 is 13.9 Å². The van der Waals surface area contributed by atoms with Gasteiger partial charge in [0.2, 0.25) is 5.91 Å². The van der Waals surface area contributed by atoms with Crippen LogP contribution < -0.4 is 10.1 Å². The lowest BCUT2D eigenvalue weighted by molar-refractivity contribution is -0.116. The fourth-order valence-corrected chi connectivity index (χ4v) is 4.00. The number of carbonyl (C=O) groups is 1. The number of benzene rings is 1. The summed E-state index contributed by atoms with van der Waals surface area (Å²) in [6.07, 6.45) is 17.0. The predicted molar refractivity (Wildman–Crippen MR) is 134 cm³/mol. The number of nitrogens with one attached hydrogen (secondary N) is 1. The van der Waals surface area contributed by atoms with Gasteiger partial charge >= 0.3 is 0 Å². The van der Waals surface area contributed by atoms with Crippen LogP contribution in [-0.4, -0.2) is 24.5 Å². The summed E-state index contributed by atoms with van der Waals surface area (Å²) in [5.74, 6) is 1.45. The first kappa shape index (κ1) is 24.6. The Morgan fingerprint density at radius 2 is 1.94 bits per heavy atom. The molecule has 3 aromatic rings. The summed E-state index contributed by atoms with van der Waals surface area (Å²) in [4.78, 5) is 16.5. The highest BCUT2D eigenvalue weighted by Crippen LogP contribution is 2.31. The Hall–Kier alpha value is -3.08. The van der Waals surface area contributed by atoms with Crippen LogP contribution in [0.15, 0.2) is 53.2 Å². The van der Waals surface area contributed by atoms with E-state index in [0.29, 0.717) is 6.54 Å². The number of furan rings is 1. The summed E-state index contributed by atoms with van der Waals surface area (Å²) in [6.45, 7) is 2.89. The second kappa shape index (κ2) is 13.5. The van der Waals surface area contributed by atoms with Gasteiger partial charge in [-0.2, -0.15) is 0 Å². The first-order chi connectivity index (χ1) is 16.2. The average Bonchev–Trinajstić information content (AvgIpc) is 3.19. The molecule has 0 saturated heterocycles. The number of aromatic nitrogens is 1. The third kappa shape index (κ3) is 7.77. The predicted octanol–water partition coefficient (Wildman–Crippen LogP) is 6.50. The molecule has 0 saturated carbocycles. The van der Waals surface area contributed by atoms with Crippen LogP contribution in [0.3, 0.4) is 0 Å². The smallest absolute Gasteiger partial charge is 0.244 e. The van der Waals surface area contributed by atoms with Crippen LogP contribution in [-0.2, 0) is 17.6 Å². The molecule has 5 heteroatoms. The molecule has 0 bridgehead atoms. The third-order valence-electron chi connectivity index (χ3n) is 5.86. The van der Waals surface area contributed by atoms with E-state index in [1.807, 2.05) is 30.5 Å². The molecule has 3 rings (SSSR count). The van der Waals surface area contributed by atoms with Crippen molar-refractivity contribution in [2.24, 2.45) is 0 Å². The molecular formula is C28H36N2O3. The third-order valence-corrected chi connectivity index (χ3v) is 5.86. The van der Waals surface area contributed by atoms with Crippen molar-refractivity contribution in [3.63, 3.8) is 0 Å². The van der Waals surface area contributed by atoms with Crippen molar-refractivity contribution in [2.75, 3.05) is 13.7 Å². The van der Waals surface area contributed by atoms with Crippen LogP contribution in [0.5, 0.6) is 5.75 Å². The van der Waals surface area contributed by atoms with E-state index in [1.165, 1.54) is 24.0 Å². The summed E-state index contributed by atoms with van der Waals surface area (Å²) in [7, 11) is 1.65. The summed E-state index contributed by atoms with van der Waals surface area (Å²) in [6, 6.07) is 10.0. The minimum Gasteiger partial charge on any atom is -0.497 e. The Bertz CT molecular complexity index is 1020. The highest BCUT2D eigenvalue weighted by atomic mass is 16.5. The van der Waals surface area contributed by atoms with E-state index in [4.69, 9.17) is 9.15 Å². The normalized spacial score (nSPS) is 11.3. The van der Waals surface area contributed by atoms with Crippen molar-refractivity contribution in [1.29, 1.82) is 0 Å². The molecule has 1 aromatic carbocycles. The maximum absolute atomic E-state index is 12.3. The highest BCUT2D eigenvalue weighted by molar-refractivity contribution is 5.93. The van der Waals surface area contributed by atoms with Crippen LogP contribution in [0.1, 0.15) is 68.8 Å². The van der Waals surface area contributed by atoms with E-state index in [-0.39, 0.29) is 5.91 Å². The Balaban J connectivity index is 1.46. The zero-order valence-corrected chi connectivity index (χ0v) is 19.9. The van der Waals surface area contributed by atoms with Gasteiger partial charge in [0.1, 0.15) is 17.1 Å². The van der Waals surface area contributed by atoms with Crippen molar-refractivity contribution in [1.82, 2.24) is 10.3 Å². The van der Waals surface area contributed by atoms with Gasteiger partial charge in [-0.1, -0.05) is 38.7 Å². The van der Waals surface area contributed by atoms with Crippen LogP contribution in [0.4, 0.5) is 0 Å². The molecule has 0 unspecified atom stereocenters. The van der Waals surface area contributed by atoms with E-state index in [0.717, 1.165) is 67.4 Å². The maximum atomic E-state index is 12.3. The number of carbonyl (C=O) groups excluding carboxylic acids is 1. The van der Waals surface area contributed by atoms with Crippen LogP contribution in [0.25, 0.3) is 17.0 Å². The van der Waals surface area contributed by atoms with Crippen LogP contribution >= 0.6 is 0 Å². The lowest BCUT2D eigenvalue weighted by atomic mass is 10.0. The Morgan fingerprint density at radius 1 is 1.09 bits per heavy atom. The summed E-state index contributed by atoms with van der Waals surface area (Å²) in [5, 5.41) is 4.08. The first-order valence-electron chi connectivity index (χ1n) is 12.2. The number of methoxy groups -OCH3 is 1. The van der Waals surface area contributed by atoms with Gasteiger partial charge in [-0.25, -0.2) is 0 Å². The number of fused-ring (bicyclic) bond motifs is 1. The molecule has 2 aromatic heterocycles. The van der Waals surface area contributed by atoms with Crippen molar-refractivity contribution in [2.45, 2.75) is 64.7 Å². The molecule has 0 radical (unpaired) electrons. The maximum Gasteiger partial charge on any atom is 0.244 e. The van der Waals surface area contributed by atoms with E-state index in [1.54, 1.807) is 25.5 Å². The molecule has 0 aliphatic heterocycles. The monoisotopic (exact) mass is 448 g/mol. The van der Waals surface area contributed by atoms with Crippen molar-refractivity contribution in [3.8, 4) is 5.75 Å². The standard InChI is InChI=1S/C28H36N2O3/c1-3-4-7-13-24-25-15-14-23(32-2)20-27(25)33-26(24)16-17-28(31)30-19-9-6-5-8-11-22-12-10-18-29-21-22/h10,12,14-18,20-21H,3-9,11,13,19H2,1-2H3,(H,30,31)/b17-16+. The topological polar surface area (TPSA) is 64.4 Å². The van der Waals surface area contributed by atoms with Gasteiger partial charge in [0.05, 0.1) is 7.11 Å². The minimum absolute atomic E-state index is 0.0806. The molecule has 1 N–H and O–H groups in total. The number of hydrogen-bond acceptors (Lipinski definition) is 4. The van der Waals surface area contributed by atoms with Crippen molar-refractivity contribution in [3.05, 3.63) is 65.7 Å². The molecule has 0 aliphatic carbocycles. The molecular weight excluding hydrogens is 412 g/mol. The van der Waals surface area contributed by atoms with E-state index in [2.05, 4.69) is 23.3 Å². The van der Waals surface area contributed by atoms with Gasteiger partial charge in [0.25, 0.3) is 0 Å². The van der Waals surface area contributed by atoms with Gasteiger partial charge < -0.3 is 14.5 Å². The molecule has 2 heterocycles. The fraction of sp³-hybridized carbons (Fsp3) is 0.429. The number of amides is 1. The average molecular weight is 449 g/mol. The zero-order valence-electron chi connectivity index (χ0n) is 19.9. The number of hydrogen-bond donors (Lipinski definition) is 1. The second-order valence-electron chi connectivity index (χ2n) is 8.41. The van der Waals surface area contributed by atoms with Crippen LogP contribution in [0.2, 0.25) is 0 Å². The molecule has 5 nitrogen and oxygen atoms in total. The van der Waals surface area contributed by atoms with Gasteiger partial charge in [0, 0.05) is 42.0 Å². The van der Waals surface area contributed by atoms with E-state index in [9.17, 15) is 4.79 Å². The Morgan fingerprint density at radius 3 is 2.73 bits per heavy atom. The molecule has 33 heavy (non-hydrogen) atoms. The Kier molecular flexibility index (Phi) is 10.0. The quantitative estimate of drug-likeness (QED) is 0.226. The number of ether oxygens (including phenoxy) is 1. The second-order valence-corrected chi connectivity index (χ2v) is 8.41. The minimum atomic E-state index is -0.0806. The van der Waals surface area contributed by atoms with E-state index < -0.39 is 0 Å². The van der Waals surface area contributed by atoms with Gasteiger partial charge in [0.15, 0.2) is 0 Å². The number of rotatable bonds is 14. The lowest BCUT2D eigenvalue weighted by Crippen LogP contribution is -2.21. The summed E-state index contributed by atoms with van der Waals surface area (Å²) in [5.41, 5.74) is 3.25. The number of aryl methyl sites for hydroxylation is 2. The largest absolute Gasteiger partial charge is 0.497 e. The van der Waals surface area contributed by atoms with Gasteiger partial charge in [-0.15, -0.1) is 0 Å². The first-order valence-corrected chi connectivity index (χ1v) is 12.2. The lowest BCUT2D eigenvalue weighted by Gasteiger charge is -2.03. The zero-order chi connectivity index (χ0) is 23.3.